The van der Waals surface area contributed by atoms with E-state index in [1.165, 1.54) is 6.08 Å². The zero-order valence-electron chi connectivity index (χ0n) is 11.1. The molecule has 2 N–H and O–H groups in total. The highest BCUT2D eigenvalue weighted by molar-refractivity contribution is 5.87. The summed E-state index contributed by atoms with van der Waals surface area (Å²) in [5, 5.41) is 18.0. The van der Waals surface area contributed by atoms with Gasteiger partial charge in [0.05, 0.1) is 0 Å². The number of carbonyl (C=O) groups is 1. The molecule has 0 bridgehead atoms. The van der Waals surface area contributed by atoms with Crippen molar-refractivity contribution in [2.24, 2.45) is 0 Å². The number of carbonyl (C=O) groups excluding carboxylic acids is 1. The van der Waals surface area contributed by atoms with E-state index in [2.05, 4.69) is 4.89 Å². The van der Waals surface area contributed by atoms with Crippen LogP contribution in [-0.2, 0) is 9.68 Å². The number of aromatic hydroxyl groups is 1. The van der Waals surface area contributed by atoms with Crippen molar-refractivity contribution in [3.8, 4) is 5.75 Å². The van der Waals surface area contributed by atoms with E-state index < -0.39 is 5.97 Å². The highest BCUT2D eigenvalue weighted by Gasteiger charge is 2.00. The summed E-state index contributed by atoms with van der Waals surface area (Å²) in [6, 6.07) is 14.9. The van der Waals surface area contributed by atoms with Crippen molar-refractivity contribution in [3.05, 3.63) is 71.3 Å². The minimum atomic E-state index is -0.901. The summed E-state index contributed by atoms with van der Waals surface area (Å²) in [6.07, 6.45) is 6.20. The van der Waals surface area contributed by atoms with Crippen molar-refractivity contribution in [1.82, 2.24) is 0 Å². The van der Waals surface area contributed by atoms with Crippen molar-refractivity contribution < 1.29 is 20.0 Å². The van der Waals surface area contributed by atoms with Gasteiger partial charge in [0, 0.05) is 11.6 Å². The van der Waals surface area contributed by atoms with Gasteiger partial charge in [-0.1, -0.05) is 54.6 Å². The molecule has 106 valence electrons. The molecule has 0 aliphatic heterocycles. The highest BCUT2D eigenvalue weighted by Crippen LogP contribution is 2.21. The van der Waals surface area contributed by atoms with Gasteiger partial charge in [-0.25, -0.2) is 4.79 Å². The van der Waals surface area contributed by atoms with Crippen LogP contribution in [-0.4, -0.2) is 16.3 Å². The molecule has 0 fully saturated rings. The summed E-state index contributed by atoms with van der Waals surface area (Å²) in [6.45, 7) is 0. The molecular formula is C17H14O4. The number of hydrogen-bond acceptors (Lipinski definition) is 4. The van der Waals surface area contributed by atoms with Crippen molar-refractivity contribution in [2.75, 3.05) is 0 Å². The van der Waals surface area contributed by atoms with Crippen LogP contribution in [0.15, 0.2) is 54.6 Å². The predicted octanol–water partition coefficient (Wildman–Crippen LogP) is 3.59. The van der Waals surface area contributed by atoms with Crippen LogP contribution in [0.1, 0.15) is 16.7 Å². The van der Waals surface area contributed by atoms with Gasteiger partial charge in [0.2, 0.25) is 0 Å². The summed E-state index contributed by atoms with van der Waals surface area (Å²) < 4.78 is 0. The third-order valence-corrected chi connectivity index (χ3v) is 2.81. The van der Waals surface area contributed by atoms with Gasteiger partial charge in [0.15, 0.2) is 0 Å². The molecule has 0 heterocycles. The minimum absolute atomic E-state index is 0.0344. The van der Waals surface area contributed by atoms with E-state index in [-0.39, 0.29) is 5.75 Å². The summed E-state index contributed by atoms with van der Waals surface area (Å²) in [5.74, 6) is -0.866. The second-order valence-corrected chi connectivity index (χ2v) is 4.31. The summed E-state index contributed by atoms with van der Waals surface area (Å²) >= 11 is 0. The summed E-state index contributed by atoms with van der Waals surface area (Å²) in [5.41, 5.74) is 2.35. The molecule has 0 radical (unpaired) electrons. The molecule has 2 rings (SSSR count). The van der Waals surface area contributed by atoms with Crippen LogP contribution < -0.4 is 0 Å². The molecule has 0 aliphatic rings. The van der Waals surface area contributed by atoms with Crippen LogP contribution in [0.3, 0.4) is 0 Å². The van der Waals surface area contributed by atoms with Gasteiger partial charge in [-0.2, -0.15) is 5.26 Å². The molecule has 0 spiro atoms. The molecule has 0 unspecified atom stereocenters. The summed E-state index contributed by atoms with van der Waals surface area (Å²) in [7, 11) is 0. The van der Waals surface area contributed by atoms with E-state index in [0.717, 1.165) is 17.2 Å². The molecule has 0 atom stereocenters. The monoisotopic (exact) mass is 282 g/mol. The molecule has 0 saturated carbocycles. The Labute approximate surface area is 122 Å². The molecule has 21 heavy (non-hydrogen) atoms. The van der Waals surface area contributed by atoms with Gasteiger partial charge >= 0.3 is 5.97 Å². The number of benzene rings is 2. The largest absolute Gasteiger partial charge is 0.507 e. The van der Waals surface area contributed by atoms with Crippen molar-refractivity contribution in [3.63, 3.8) is 0 Å². The minimum Gasteiger partial charge on any atom is -0.507 e. The van der Waals surface area contributed by atoms with Crippen LogP contribution in [0.25, 0.3) is 18.2 Å². The quantitative estimate of drug-likeness (QED) is 0.389. The van der Waals surface area contributed by atoms with Crippen molar-refractivity contribution in [1.29, 1.82) is 0 Å². The van der Waals surface area contributed by atoms with Crippen LogP contribution in [0.2, 0.25) is 0 Å². The Morgan fingerprint density at radius 1 is 0.952 bits per heavy atom. The topological polar surface area (TPSA) is 66.8 Å². The second-order valence-electron chi connectivity index (χ2n) is 4.31. The van der Waals surface area contributed by atoms with Crippen LogP contribution in [0.5, 0.6) is 5.75 Å². The lowest BCUT2D eigenvalue weighted by molar-refractivity contribution is -0.227. The van der Waals surface area contributed by atoms with Crippen LogP contribution >= 0.6 is 0 Å². The van der Waals surface area contributed by atoms with Gasteiger partial charge in [-0.05, 0) is 23.3 Å². The Hall–Kier alpha value is -2.85. The predicted molar refractivity (Wildman–Crippen MR) is 81.2 cm³/mol. The third kappa shape index (κ3) is 4.33. The molecule has 2 aromatic rings. The highest BCUT2D eigenvalue weighted by atomic mass is 17.1. The lowest BCUT2D eigenvalue weighted by Gasteiger charge is -2.01. The molecule has 0 aromatic heterocycles. The molecule has 0 aliphatic carbocycles. The fourth-order valence-electron chi connectivity index (χ4n) is 1.75. The first-order chi connectivity index (χ1) is 10.2. The first-order valence-electron chi connectivity index (χ1n) is 6.28. The Morgan fingerprint density at radius 2 is 1.67 bits per heavy atom. The molecule has 4 heteroatoms. The number of phenols is 1. The van der Waals surface area contributed by atoms with Crippen LogP contribution in [0.4, 0.5) is 0 Å². The van der Waals surface area contributed by atoms with Crippen LogP contribution in [0, 0.1) is 0 Å². The van der Waals surface area contributed by atoms with Gasteiger partial charge < -0.3 is 5.11 Å². The van der Waals surface area contributed by atoms with Crippen molar-refractivity contribution in [2.45, 2.75) is 0 Å². The fourth-order valence-corrected chi connectivity index (χ4v) is 1.75. The van der Waals surface area contributed by atoms with E-state index in [4.69, 9.17) is 5.26 Å². The van der Waals surface area contributed by atoms with E-state index in [0.29, 0.717) is 5.56 Å². The van der Waals surface area contributed by atoms with E-state index in [1.54, 1.807) is 12.1 Å². The number of phenolic OH excluding ortho intramolecular Hbond substituents is 1. The third-order valence-electron chi connectivity index (χ3n) is 2.81. The molecule has 0 saturated heterocycles. The van der Waals surface area contributed by atoms with E-state index in [9.17, 15) is 9.90 Å². The first-order valence-corrected chi connectivity index (χ1v) is 6.28. The van der Waals surface area contributed by atoms with Gasteiger partial charge in [-0.3, -0.25) is 4.89 Å². The molecular weight excluding hydrogens is 268 g/mol. The van der Waals surface area contributed by atoms with Crippen molar-refractivity contribution >= 4 is 24.2 Å². The SMILES string of the molecule is O=C(C=Cc1ccc(C=Cc2ccccc2)cc1O)OO. The summed E-state index contributed by atoms with van der Waals surface area (Å²) in [4.78, 5) is 14.3. The number of hydrogen-bond donors (Lipinski definition) is 2. The first kappa shape index (κ1) is 14.6. The Bertz CT molecular complexity index is 672. The molecule has 4 nitrogen and oxygen atoms in total. The normalized spacial score (nSPS) is 11.1. The Morgan fingerprint density at radius 3 is 2.33 bits per heavy atom. The zero-order valence-corrected chi connectivity index (χ0v) is 11.1. The molecule has 0 amide bonds. The second kappa shape index (κ2) is 7.07. The number of rotatable bonds is 4. The Balaban J connectivity index is 2.14. The average molecular weight is 282 g/mol. The maximum atomic E-state index is 10.8. The van der Waals surface area contributed by atoms with Gasteiger partial charge in [0.25, 0.3) is 0 Å². The smallest absolute Gasteiger partial charge is 0.365 e. The lowest BCUT2D eigenvalue weighted by Crippen LogP contribution is -1.93. The Kier molecular flexibility index (Phi) is 4.90. The lowest BCUT2D eigenvalue weighted by atomic mass is 10.1. The van der Waals surface area contributed by atoms with E-state index in [1.807, 2.05) is 48.6 Å². The average Bonchev–Trinajstić information content (AvgIpc) is 2.52. The maximum absolute atomic E-state index is 10.8. The molecule has 2 aromatic carbocycles. The zero-order chi connectivity index (χ0) is 15.1. The van der Waals surface area contributed by atoms with E-state index >= 15 is 0 Å². The fraction of sp³-hybridized carbons (Fsp3) is 0. The van der Waals surface area contributed by atoms with Gasteiger partial charge in [0.1, 0.15) is 5.75 Å². The maximum Gasteiger partial charge on any atom is 0.365 e. The standard InChI is InChI=1S/C17H14O4/c18-16-12-14(7-6-13-4-2-1-3-5-13)8-9-15(16)10-11-17(19)21-20/h1-12,18,20H. The van der Waals surface area contributed by atoms with Gasteiger partial charge in [-0.15, -0.1) is 0 Å².